The molecule has 1 aliphatic carbocycles. The van der Waals surface area contributed by atoms with Crippen molar-refractivity contribution in [1.82, 2.24) is 0 Å². The van der Waals surface area contributed by atoms with Crippen LogP contribution >= 0.6 is 0 Å². The first kappa shape index (κ1) is 12.4. The van der Waals surface area contributed by atoms with Crippen molar-refractivity contribution in [2.24, 2.45) is 11.7 Å². The monoisotopic (exact) mass is 233 g/mol. The Bertz CT molecular complexity index is 369. The van der Waals surface area contributed by atoms with Crippen molar-refractivity contribution in [3.05, 3.63) is 29.3 Å². The lowest BCUT2D eigenvalue weighted by Crippen LogP contribution is -2.23. The average Bonchev–Trinajstić information content (AvgIpc) is 2.39. The summed E-state index contributed by atoms with van der Waals surface area (Å²) in [6.07, 6.45) is 6.60. The summed E-state index contributed by atoms with van der Waals surface area (Å²) < 4.78 is 5.37. The SMILES string of the molecule is COc1cc(C(N)C2CCCCC2)ccc1C. The van der Waals surface area contributed by atoms with E-state index < -0.39 is 0 Å². The molecule has 17 heavy (non-hydrogen) atoms. The zero-order valence-electron chi connectivity index (χ0n) is 10.9. The molecule has 1 fully saturated rings. The van der Waals surface area contributed by atoms with Gasteiger partial charge in [-0.3, -0.25) is 0 Å². The fourth-order valence-corrected chi connectivity index (χ4v) is 2.81. The minimum absolute atomic E-state index is 0.171. The first-order valence-corrected chi connectivity index (χ1v) is 6.62. The van der Waals surface area contributed by atoms with Crippen LogP contribution in [0.3, 0.4) is 0 Å². The molecule has 2 rings (SSSR count). The lowest BCUT2D eigenvalue weighted by atomic mass is 9.81. The number of nitrogens with two attached hydrogens (primary N) is 1. The van der Waals surface area contributed by atoms with Crippen LogP contribution in [0.4, 0.5) is 0 Å². The first-order chi connectivity index (χ1) is 8.22. The third kappa shape index (κ3) is 2.81. The number of benzene rings is 1. The molecule has 1 aromatic rings. The fraction of sp³-hybridized carbons (Fsp3) is 0.600. The van der Waals surface area contributed by atoms with E-state index in [1.807, 2.05) is 0 Å². The molecular weight excluding hydrogens is 210 g/mol. The fourth-order valence-electron chi connectivity index (χ4n) is 2.81. The van der Waals surface area contributed by atoms with Crippen LogP contribution < -0.4 is 10.5 Å². The molecule has 0 radical (unpaired) electrons. The third-order valence-corrected chi connectivity index (χ3v) is 3.97. The second kappa shape index (κ2) is 5.54. The van der Waals surface area contributed by atoms with Crippen molar-refractivity contribution in [3.8, 4) is 5.75 Å². The molecular formula is C15H23NO. The van der Waals surface area contributed by atoms with Crippen molar-refractivity contribution in [2.45, 2.75) is 45.1 Å². The highest BCUT2D eigenvalue weighted by atomic mass is 16.5. The highest BCUT2D eigenvalue weighted by Gasteiger charge is 2.22. The largest absolute Gasteiger partial charge is 0.496 e. The van der Waals surface area contributed by atoms with Crippen molar-refractivity contribution < 1.29 is 4.74 Å². The van der Waals surface area contributed by atoms with Crippen LogP contribution in [0.15, 0.2) is 18.2 Å². The summed E-state index contributed by atoms with van der Waals surface area (Å²) in [4.78, 5) is 0. The quantitative estimate of drug-likeness (QED) is 0.866. The number of hydrogen-bond donors (Lipinski definition) is 1. The second-order valence-corrected chi connectivity index (χ2v) is 5.15. The summed E-state index contributed by atoms with van der Waals surface area (Å²) in [7, 11) is 1.72. The number of methoxy groups -OCH3 is 1. The van der Waals surface area contributed by atoms with Gasteiger partial charge in [-0.25, -0.2) is 0 Å². The minimum Gasteiger partial charge on any atom is -0.496 e. The van der Waals surface area contributed by atoms with E-state index in [-0.39, 0.29) is 6.04 Å². The van der Waals surface area contributed by atoms with Gasteiger partial charge in [0.15, 0.2) is 0 Å². The normalized spacial score (nSPS) is 19.0. The van der Waals surface area contributed by atoms with Gasteiger partial charge in [0, 0.05) is 6.04 Å². The highest BCUT2D eigenvalue weighted by Crippen LogP contribution is 2.34. The Balaban J connectivity index is 2.15. The number of aryl methyl sites for hydroxylation is 1. The van der Waals surface area contributed by atoms with Gasteiger partial charge in [0.05, 0.1) is 7.11 Å². The third-order valence-electron chi connectivity index (χ3n) is 3.97. The molecule has 1 aliphatic rings. The molecule has 0 amide bonds. The summed E-state index contributed by atoms with van der Waals surface area (Å²) in [6.45, 7) is 2.06. The van der Waals surface area contributed by atoms with Gasteiger partial charge >= 0.3 is 0 Å². The Morgan fingerprint density at radius 1 is 1.24 bits per heavy atom. The Kier molecular flexibility index (Phi) is 4.06. The molecule has 1 aromatic carbocycles. The average molecular weight is 233 g/mol. The van der Waals surface area contributed by atoms with Crippen LogP contribution in [0.2, 0.25) is 0 Å². The molecule has 0 heterocycles. The zero-order chi connectivity index (χ0) is 12.3. The van der Waals surface area contributed by atoms with Crippen molar-refractivity contribution in [3.63, 3.8) is 0 Å². The van der Waals surface area contributed by atoms with E-state index in [0.717, 1.165) is 5.75 Å². The maximum atomic E-state index is 6.39. The smallest absolute Gasteiger partial charge is 0.122 e. The van der Waals surface area contributed by atoms with Gasteiger partial charge in [-0.2, -0.15) is 0 Å². The summed E-state index contributed by atoms with van der Waals surface area (Å²) in [5.41, 5.74) is 8.78. The molecule has 0 aromatic heterocycles. The lowest BCUT2D eigenvalue weighted by Gasteiger charge is -2.28. The summed E-state index contributed by atoms with van der Waals surface area (Å²) in [6, 6.07) is 6.53. The van der Waals surface area contributed by atoms with Crippen LogP contribution in [0.1, 0.15) is 49.3 Å². The van der Waals surface area contributed by atoms with Crippen LogP contribution in [-0.4, -0.2) is 7.11 Å². The minimum atomic E-state index is 0.171. The zero-order valence-corrected chi connectivity index (χ0v) is 10.9. The molecule has 1 atom stereocenters. The van der Waals surface area contributed by atoms with Gasteiger partial charge in [-0.15, -0.1) is 0 Å². The first-order valence-electron chi connectivity index (χ1n) is 6.62. The van der Waals surface area contributed by atoms with Gasteiger partial charge in [-0.05, 0) is 42.9 Å². The molecule has 0 spiro atoms. The highest BCUT2D eigenvalue weighted by molar-refractivity contribution is 5.37. The Morgan fingerprint density at radius 3 is 2.59 bits per heavy atom. The Morgan fingerprint density at radius 2 is 1.94 bits per heavy atom. The maximum absolute atomic E-state index is 6.39. The van der Waals surface area contributed by atoms with Crippen LogP contribution in [0.25, 0.3) is 0 Å². The van der Waals surface area contributed by atoms with Gasteiger partial charge < -0.3 is 10.5 Å². The topological polar surface area (TPSA) is 35.2 Å². The molecule has 2 heteroatoms. The van der Waals surface area contributed by atoms with Crippen molar-refractivity contribution in [2.75, 3.05) is 7.11 Å². The molecule has 0 bridgehead atoms. The molecule has 94 valence electrons. The summed E-state index contributed by atoms with van der Waals surface area (Å²) in [5.74, 6) is 1.60. The summed E-state index contributed by atoms with van der Waals surface area (Å²) in [5, 5.41) is 0. The van der Waals surface area contributed by atoms with Gasteiger partial charge in [0.25, 0.3) is 0 Å². The van der Waals surface area contributed by atoms with Crippen LogP contribution in [0, 0.1) is 12.8 Å². The van der Waals surface area contributed by atoms with Gasteiger partial charge in [-0.1, -0.05) is 31.4 Å². The van der Waals surface area contributed by atoms with E-state index in [0.29, 0.717) is 5.92 Å². The number of hydrogen-bond acceptors (Lipinski definition) is 2. The van der Waals surface area contributed by atoms with E-state index in [4.69, 9.17) is 10.5 Å². The molecule has 2 nitrogen and oxygen atoms in total. The predicted molar refractivity (Wildman–Crippen MR) is 71.2 cm³/mol. The standard InChI is InChI=1S/C15H23NO/c1-11-8-9-13(10-14(11)17-2)15(16)12-6-4-3-5-7-12/h8-10,12,15H,3-7,16H2,1-2H3. The molecule has 2 N–H and O–H groups in total. The van der Waals surface area contributed by atoms with E-state index >= 15 is 0 Å². The predicted octanol–water partition coefficient (Wildman–Crippen LogP) is 3.58. The van der Waals surface area contributed by atoms with Crippen molar-refractivity contribution >= 4 is 0 Å². The Labute approximate surface area is 104 Å². The second-order valence-electron chi connectivity index (χ2n) is 5.15. The van der Waals surface area contributed by atoms with E-state index in [9.17, 15) is 0 Å². The Hall–Kier alpha value is -1.02. The van der Waals surface area contributed by atoms with Crippen molar-refractivity contribution in [1.29, 1.82) is 0 Å². The molecule has 0 saturated heterocycles. The lowest BCUT2D eigenvalue weighted by molar-refractivity contribution is 0.307. The molecule has 1 saturated carbocycles. The van der Waals surface area contributed by atoms with Crippen LogP contribution in [-0.2, 0) is 0 Å². The van der Waals surface area contributed by atoms with Crippen LogP contribution in [0.5, 0.6) is 5.75 Å². The number of rotatable bonds is 3. The molecule has 1 unspecified atom stereocenters. The van der Waals surface area contributed by atoms with E-state index in [2.05, 4.69) is 25.1 Å². The van der Waals surface area contributed by atoms with E-state index in [1.165, 1.54) is 43.2 Å². The summed E-state index contributed by atoms with van der Waals surface area (Å²) >= 11 is 0. The molecule has 0 aliphatic heterocycles. The number of ether oxygens (including phenoxy) is 1. The van der Waals surface area contributed by atoms with E-state index in [1.54, 1.807) is 7.11 Å². The van der Waals surface area contributed by atoms with Gasteiger partial charge in [0.1, 0.15) is 5.75 Å². The van der Waals surface area contributed by atoms with Gasteiger partial charge in [0.2, 0.25) is 0 Å². The maximum Gasteiger partial charge on any atom is 0.122 e.